The molecule has 12 nitrogen and oxygen atoms in total. The van der Waals surface area contributed by atoms with Crippen LogP contribution in [0.5, 0.6) is 5.75 Å². The van der Waals surface area contributed by atoms with Gasteiger partial charge in [-0.15, -0.1) is 0 Å². The van der Waals surface area contributed by atoms with E-state index in [9.17, 15) is 19.2 Å². The fourth-order valence-corrected chi connectivity index (χ4v) is 2.37. The van der Waals surface area contributed by atoms with E-state index in [1.165, 1.54) is 43.4 Å². The smallest absolute Gasteiger partial charge is 0.379 e. The van der Waals surface area contributed by atoms with Crippen LogP contribution in [0, 0.1) is 5.41 Å². The van der Waals surface area contributed by atoms with Crippen molar-refractivity contribution in [3.05, 3.63) is 53.5 Å². The molecule has 0 fully saturated rings. The number of carbonyl (C=O) groups is 4. The van der Waals surface area contributed by atoms with Crippen molar-refractivity contribution in [2.45, 2.75) is 19.0 Å². The van der Waals surface area contributed by atoms with Crippen LogP contribution in [0.3, 0.4) is 0 Å². The number of esters is 1. The number of benzene rings is 1. The van der Waals surface area contributed by atoms with Gasteiger partial charge < -0.3 is 35.3 Å². The first kappa shape index (κ1) is 22.9. The summed E-state index contributed by atoms with van der Waals surface area (Å²) in [4.78, 5) is 47.1. The standard InChI is InChI=1S/C19H20N4O8/c1-23(19(29)22-13(17(26)27)8-15(24)25)9-12-6-7-14(30-12)18(28)31-11-4-2-10(3-5-11)16(20)21/h2-7,13H,8-9H2,1H3,(H3,20,21)(H,22,29)(H,24,25)(H,26,27)/t13-/m0/s1. The number of amides is 2. The minimum absolute atomic E-state index is 0.119. The van der Waals surface area contributed by atoms with Crippen LogP contribution in [-0.4, -0.2) is 58.0 Å². The number of furan rings is 1. The van der Waals surface area contributed by atoms with Crippen molar-refractivity contribution in [3.8, 4) is 5.75 Å². The first-order valence-electron chi connectivity index (χ1n) is 8.78. The summed E-state index contributed by atoms with van der Waals surface area (Å²) < 4.78 is 10.5. The van der Waals surface area contributed by atoms with Crippen LogP contribution in [0.25, 0.3) is 0 Å². The molecule has 0 saturated carbocycles. The predicted octanol–water partition coefficient (Wildman–Crippen LogP) is 0.852. The third-order valence-electron chi connectivity index (χ3n) is 3.95. The zero-order valence-electron chi connectivity index (χ0n) is 16.3. The van der Waals surface area contributed by atoms with Gasteiger partial charge in [-0.05, 0) is 36.4 Å². The highest BCUT2D eigenvalue weighted by Gasteiger charge is 2.25. The highest BCUT2D eigenvalue weighted by Crippen LogP contribution is 2.16. The van der Waals surface area contributed by atoms with Gasteiger partial charge >= 0.3 is 23.9 Å². The molecule has 1 aromatic heterocycles. The predicted molar refractivity (Wildman–Crippen MR) is 105 cm³/mol. The summed E-state index contributed by atoms with van der Waals surface area (Å²) in [7, 11) is 1.34. The largest absolute Gasteiger partial charge is 0.481 e. The van der Waals surface area contributed by atoms with Crippen molar-refractivity contribution in [2.75, 3.05) is 7.05 Å². The summed E-state index contributed by atoms with van der Waals surface area (Å²) in [6.07, 6.45) is -0.779. The Morgan fingerprint density at radius 1 is 1.16 bits per heavy atom. The molecule has 0 aliphatic heterocycles. The molecule has 2 aromatic rings. The molecule has 0 radical (unpaired) electrons. The summed E-state index contributed by atoms with van der Waals surface area (Å²) in [6, 6.07) is 6.31. The molecule has 0 unspecified atom stereocenters. The van der Waals surface area contributed by atoms with Gasteiger partial charge in [0, 0.05) is 12.6 Å². The molecule has 164 valence electrons. The lowest BCUT2D eigenvalue weighted by atomic mass is 10.2. The lowest BCUT2D eigenvalue weighted by Gasteiger charge is -2.19. The maximum atomic E-state index is 12.2. The van der Waals surface area contributed by atoms with Gasteiger partial charge in [0.15, 0.2) is 0 Å². The molecule has 2 amide bonds. The van der Waals surface area contributed by atoms with Crippen molar-refractivity contribution in [1.29, 1.82) is 5.41 Å². The lowest BCUT2D eigenvalue weighted by molar-refractivity contribution is -0.145. The Hall–Kier alpha value is -4.35. The number of carboxylic acids is 2. The van der Waals surface area contributed by atoms with Gasteiger partial charge in [0.05, 0.1) is 13.0 Å². The lowest BCUT2D eigenvalue weighted by Crippen LogP contribution is -2.47. The number of carboxylic acid groups (broad SMARTS) is 2. The fraction of sp³-hybridized carbons (Fsp3) is 0.211. The number of hydrogen-bond acceptors (Lipinski definition) is 7. The summed E-state index contributed by atoms with van der Waals surface area (Å²) in [6.45, 7) is -0.119. The van der Waals surface area contributed by atoms with Crippen LogP contribution in [0.1, 0.15) is 28.3 Å². The topological polar surface area (TPSA) is 196 Å². The molecule has 12 heteroatoms. The number of urea groups is 1. The average Bonchev–Trinajstić information content (AvgIpc) is 3.16. The van der Waals surface area contributed by atoms with E-state index in [-0.39, 0.29) is 29.7 Å². The van der Waals surface area contributed by atoms with Gasteiger partial charge in [-0.25, -0.2) is 14.4 Å². The maximum absolute atomic E-state index is 12.2. The molecule has 0 spiro atoms. The van der Waals surface area contributed by atoms with E-state index in [0.717, 1.165) is 4.90 Å². The number of aliphatic carboxylic acids is 2. The van der Waals surface area contributed by atoms with Gasteiger partial charge in [0.25, 0.3) is 0 Å². The molecule has 1 heterocycles. The Morgan fingerprint density at radius 2 is 1.81 bits per heavy atom. The molecular weight excluding hydrogens is 412 g/mol. The van der Waals surface area contributed by atoms with Gasteiger partial charge in [0.1, 0.15) is 23.4 Å². The minimum Gasteiger partial charge on any atom is -0.481 e. The summed E-state index contributed by atoms with van der Waals surface area (Å²) in [5, 5.41) is 27.1. The van der Waals surface area contributed by atoms with E-state index in [4.69, 9.17) is 30.5 Å². The number of nitrogens with one attached hydrogen (secondary N) is 2. The van der Waals surface area contributed by atoms with Gasteiger partial charge in [-0.3, -0.25) is 10.2 Å². The third kappa shape index (κ3) is 6.59. The van der Waals surface area contributed by atoms with E-state index in [1.807, 2.05) is 0 Å². The zero-order chi connectivity index (χ0) is 23.1. The number of carbonyl (C=O) groups excluding carboxylic acids is 2. The van der Waals surface area contributed by atoms with Gasteiger partial charge in [0.2, 0.25) is 5.76 Å². The number of nitrogens with two attached hydrogens (primary N) is 1. The summed E-state index contributed by atoms with van der Waals surface area (Å²) in [5.41, 5.74) is 5.82. The van der Waals surface area contributed by atoms with E-state index in [0.29, 0.717) is 5.56 Å². The molecule has 1 aromatic carbocycles. The van der Waals surface area contributed by atoms with Crippen LogP contribution in [0.4, 0.5) is 4.79 Å². The van der Waals surface area contributed by atoms with Gasteiger partial charge in [-0.2, -0.15) is 0 Å². The van der Waals surface area contributed by atoms with Crippen LogP contribution >= 0.6 is 0 Å². The number of amidine groups is 1. The van der Waals surface area contributed by atoms with Crippen molar-refractivity contribution in [1.82, 2.24) is 10.2 Å². The first-order chi connectivity index (χ1) is 14.6. The quantitative estimate of drug-likeness (QED) is 0.165. The van der Waals surface area contributed by atoms with E-state index in [1.54, 1.807) is 0 Å². The van der Waals surface area contributed by atoms with Crippen LogP contribution in [-0.2, 0) is 16.1 Å². The number of nitrogen functional groups attached to an aromatic ring is 1. The Labute approximate surface area is 175 Å². The third-order valence-corrected chi connectivity index (χ3v) is 3.95. The fourth-order valence-electron chi connectivity index (χ4n) is 2.37. The SMILES string of the molecule is CN(Cc1ccc(C(=O)Oc2ccc(C(=N)N)cc2)o1)C(=O)N[C@@H](CC(=O)O)C(=O)O. The molecule has 1 atom stereocenters. The second-order valence-electron chi connectivity index (χ2n) is 6.39. The molecule has 0 bridgehead atoms. The number of ether oxygens (including phenoxy) is 1. The second-order valence-corrected chi connectivity index (χ2v) is 6.39. The highest BCUT2D eigenvalue weighted by atomic mass is 16.5. The Morgan fingerprint density at radius 3 is 2.35 bits per heavy atom. The van der Waals surface area contributed by atoms with E-state index >= 15 is 0 Å². The highest BCUT2D eigenvalue weighted by molar-refractivity contribution is 5.95. The van der Waals surface area contributed by atoms with Crippen LogP contribution < -0.4 is 15.8 Å². The first-order valence-corrected chi connectivity index (χ1v) is 8.78. The zero-order valence-corrected chi connectivity index (χ0v) is 16.3. The van der Waals surface area contributed by atoms with E-state index in [2.05, 4.69) is 5.32 Å². The molecule has 0 aliphatic carbocycles. The second kappa shape index (κ2) is 9.91. The number of hydrogen-bond donors (Lipinski definition) is 5. The Kier molecular flexibility index (Phi) is 7.33. The number of nitrogens with zero attached hydrogens (tertiary/aromatic N) is 1. The van der Waals surface area contributed by atoms with Gasteiger partial charge in [-0.1, -0.05) is 0 Å². The molecule has 0 saturated heterocycles. The van der Waals surface area contributed by atoms with Crippen molar-refractivity contribution >= 4 is 29.8 Å². The summed E-state index contributed by atoms with van der Waals surface area (Å²) >= 11 is 0. The molecule has 6 N–H and O–H groups in total. The molecule has 0 aliphatic rings. The average molecular weight is 432 g/mol. The van der Waals surface area contributed by atoms with Crippen LogP contribution in [0.15, 0.2) is 40.8 Å². The van der Waals surface area contributed by atoms with Crippen LogP contribution in [0.2, 0.25) is 0 Å². The monoisotopic (exact) mass is 432 g/mol. The Balaban J connectivity index is 1.95. The summed E-state index contributed by atoms with van der Waals surface area (Å²) in [5.74, 6) is -3.48. The Bertz CT molecular complexity index is 999. The van der Waals surface area contributed by atoms with E-state index < -0.39 is 36.4 Å². The van der Waals surface area contributed by atoms with Crippen molar-refractivity contribution < 1.29 is 38.5 Å². The minimum atomic E-state index is -1.59. The molecule has 2 rings (SSSR count). The normalized spacial score (nSPS) is 11.3. The number of rotatable bonds is 9. The van der Waals surface area contributed by atoms with Crippen molar-refractivity contribution in [3.63, 3.8) is 0 Å². The maximum Gasteiger partial charge on any atom is 0.379 e. The molecular formula is C19H20N4O8. The van der Waals surface area contributed by atoms with Crippen molar-refractivity contribution in [2.24, 2.45) is 5.73 Å². The molecule has 31 heavy (non-hydrogen) atoms.